The molecule has 0 bridgehead atoms. The van der Waals surface area contributed by atoms with E-state index in [1.165, 1.54) is 32.1 Å². The molecular weight excluding hydrogens is 210 g/mol. The zero-order valence-corrected chi connectivity index (χ0v) is 10.0. The maximum atomic E-state index is 11.0. The van der Waals surface area contributed by atoms with E-state index in [1.807, 2.05) is 0 Å². The molecule has 0 saturated heterocycles. The largest absolute Gasteiger partial charge is 0.229 e. The molecule has 4 heteroatoms. The molecule has 2 rings (SSSR count). The summed E-state index contributed by atoms with van der Waals surface area (Å²) in [4.78, 5) is 0. The van der Waals surface area contributed by atoms with Gasteiger partial charge >= 0.3 is 0 Å². The first-order chi connectivity index (χ1) is 7.04. The van der Waals surface area contributed by atoms with Gasteiger partial charge in [0.25, 0.3) is 0 Å². The summed E-state index contributed by atoms with van der Waals surface area (Å²) < 4.78 is 22.1. The van der Waals surface area contributed by atoms with E-state index in [2.05, 4.69) is 0 Å². The van der Waals surface area contributed by atoms with Crippen molar-refractivity contribution in [1.29, 1.82) is 0 Å². The van der Waals surface area contributed by atoms with Gasteiger partial charge in [-0.25, -0.2) is 13.6 Å². The number of hydrogen-bond acceptors (Lipinski definition) is 2. The number of sulfonamides is 1. The fourth-order valence-corrected chi connectivity index (χ4v) is 4.41. The van der Waals surface area contributed by atoms with Crippen molar-refractivity contribution in [2.75, 3.05) is 5.75 Å². The summed E-state index contributed by atoms with van der Waals surface area (Å²) in [5.41, 5.74) is 0. The maximum Gasteiger partial charge on any atom is 0.209 e. The van der Waals surface area contributed by atoms with Crippen molar-refractivity contribution < 1.29 is 8.42 Å². The lowest BCUT2D eigenvalue weighted by Crippen LogP contribution is -2.32. The third-order valence-corrected chi connectivity index (χ3v) is 5.05. The van der Waals surface area contributed by atoms with E-state index in [9.17, 15) is 8.42 Å². The van der Waals surface area contributed by atoms with E-state index in [0.717, 1.165) is 24.7 Å². The predicted molar refractivity (Wildman–Crippen MR) is 60.8 cm³/mol. The Kier molecular flexibility index (Phi) is 3.36. The highest BCUT2D eigenvalue weighted by molar-refractivity contribution is 7.89. The standard InChI is InChI=1S/C11H21NO2S/c12-15(13,14)8-9-5-6-10-3-1-2-4-11(10)7-9/h9-11H,1-8H2,(H2,12,13,14). The van der Waals surface area contributed by atoms with Crippen LogP contribution in [0, 0.1) is 17.8 Å². The SMILES string of the molecule is NS(=O)(=O)CC1CCC2CCCCC2C1. The van der Waals surface area contributed by atoms with Crippen LogP contribution in [0.3, 0.4) is 0 Å². The molecule has 0 aliphatic heterocycles. The van der Waals surface area contributed by atoms with Crippen LogP contribution in [-0.4, -0.2) is 14.2 Å². The highest BCUT2D eigenvalue weighted by Crippen LogP contribution is 2.42. The summed E-state index contributed by atoms with van der Waals surface area (Å²) in [7, 11) is -3.26. The molecule has 2 aliphatic rings. The van der Waals surface area contributed by atoms with Crippen molar-refractivity contribution in [2.24, 2.45) is 22.9 Å². The molecule has 2 fully saturated rings. The average molecular weight is 231 g/mol. The van der Waals surface area contributed by atoms with Gasteiger partial charge in [-0.3, -0.25) is 0 Å². The van der Waals surface area contributed by atoms with Crippen molar-refractivity contribution in [3.63, 3.8) is 0 Å². The Labute approximate surface area is 92.5 Å². The lowest BCUT2D eigenvalue weighted by Gasteiger charge is -2.39. The lowest BCUT2D eigenvalue weighted by molar-refractivity contribution is 0.138. The summed E-state index contributed by atoms with van der Waals surface area (Å²) in [5.74, 6) is 2.21. The van der Waals surface area contributed by atoms with Gasteiger partial charge in [-0.15, -0.1) is 0 Å². The van der Waals surface area contributed by atoms with Gasteiger partial charge < -0.3 is 0 Å². The molecule has 0 aromatic carbocycles. The molecule has 0 radical (unpaired) electrons. The van der Waals surface area contributed by atoms with E-state index in [0.29, 0.717) is 5.92 Å². The van der Waals surface area contributed by atoms with Gasteiger partial charge in [0.2, 0.25) is 10.0 Å². The van der Waals surface area contributed by atoms with Crippen molar-refractivity contribution in [3.8, 4) is 0 Å². The third-order valence-electron chi connectivity index (χ3n) is 4.12. The van der Waals surface area contributed by atoms with Crippen LogP contribution in [0.2, 0.25) is 0 Å². The first kappa shape index (κ1) is 11.4. The van der Waals surface area contributed by atoms with Crippen LogP contribution in [0.5, 0.6) is 0 Å². The molecule has 88 valence electrons. The first-order valence-corrected chi connectivity index (χ1v) is 7.76. The molecule has 0 aromatic heterocycles. The zero-order chi connectivity index (χ0) is 10.9. The lowest BCUT2D eigenvalue weighted by atomic mass is 9.68. The molecule has 2 saturated carbocycles. The Morgan fingerprint density at radius 2 is 1.67 bits per heavy atom. The van der Waals surface area contributed by atoms with E-state index in [-0.39, 0.29) is 5.75 Å². The van der Waals surface area contributed by atoms with Crippen LogP contribution in [-0.2, 0) is 10.0 Å². The monoisotopic (exact) mass is 231 g/mol. The molecule has 3 atom stereocenters. The topological polar surface area (TPSA) is 60.2 Å². The maximum absolute atomic E-state index is 11.0. The van der Waals surface area contributed by atoms with Crippen LogP contribution < -0.4 is 5.14 Å². The van der Waals surface area contributed by atoms with Gasteiger partial charge in [-0.1, -0.05) is 25.7 Å². The van der Waals surface area contributed by atoms with Crippen LogP contribution >= 0.6 is 0 Å². The molecule has 15 heavy (non-hydrogen) atoms. The van der Waals surface area contributed by atoms with Gasteiger partial charge in [0.1, 0.15) is 0 Å². The number of hydrogen-bond donors (Lipinski definition) is 1. The van der Waals surface area contributed by atoms with E-state index in [1.54, 1.807) is 0 Å². The highest BCUT2D eigenvalue weighted by atomic mass is 32.2. The van der Waals surface area contributed by atoms with Crippen molar-refractivity contribution in [3.05, 3.63) is 0 Å². The molecule has 3 unspecified atom stereocenters. The quantitative estimate of drug-likeness (QED) is 0.788. The Morgan fingerprint density at radius 3 is 2.33 bits per heavy atom. The fourth-order valence-electron chi connectivity index (χ4n) is 3.45. The summed E-state index contributed by atoms with van der Waals surface area (Å²) in [6.45, 7) is 0. The van der Waals surface area contributed by atoms with Gasteiger partial charge in [-0.2, -0.15) is 0 Å². The van der Waals surface area contributed by atoms with Crippen LogP contribution in [0.4, 0.5) is 0 Å². The molecule has 0 amide bonds. The molecule has 0 aromatic rings. The second-order valence-corrected chi connectivity index (χ2v) is 6.97. The smallest absolute Gasteiger partial charge is 0.209 e. The van der Waals surface area contributed by atoms with Gasteiger partial charge in [0.15, 0.2) is 0 Å². The van der Waals surface area contributed by atoms with Gasteiger partial charge in [0.05, 0.1) is 5.75 Å². The van der Waals surface area contributed by atoms with Crippen molar-refractivity contribution in [2.45, 2.75) is 44.9 Å². The number of fused-ring (bicyclic) bond motifs is 1. The summed E-state index contributed by atoms with van der Waals surface area (Å²) in [5, 5.41) is 5.11. The number of rotatable bonds is 2. The summed E-state index contributed by atoms with van der Waals surface area (Å²) >= 11 is 0. The van der Waals surface area contributed by atoms with Crippen LogP contribution in [0.25, 0.3) is 0 Å². The molecule has 0 heterocycles. The van der Waals surface area contributed by atoms with E-state index in [4.69, 9.17) is 5.14 Å². The summed E-state index contributed by atoms with van der Waals surface area (Å²) in [6, 6.07) is 0. The fraction of sp³-hybridized carbons (Fsp3) is 1.00. The first-order valence-electron chi connectivity index (χ1n) is 6.05. The molecule has 2 N–H and O–H groups in total. The molecule has 2 aliphatic carbocycles. The van der Waals surface area contributed by atoms with Crippen molar-refractivity contribution in [1.82, 2.24) is 0 Å². The van der Waals surface area contributed by atoms with E-state index < -0.39 is 10.0 Å². The van der Waals surface area contributed by atoms with Gasteiger partial charge in [-0.05, 0) is 37.0 Å². The van der Waals surface area contributed by atoms with Crippen molar-refractivity contribution >= 4 is 10.0 Å². The Balaban J connectivity index is 1.91. The minimum absolute atomic E-state index is 0.205. The Bertz CT molecular complexity index is 313. The van der Waals surface area contributed by atoms with Gasteiger partial charge in [0, 0.05) is 0 Å². The Hall–Kier alpha value is -0.0900. The second-order valence-electron chi connectivity index (χ2n) is 5.31. The predicted octanol–water partition coefficient (Wildman–Crippen LogP) is 1.88. The highest BCUT2D eigenvalue weighted by Gasteiger charge is 2.33. The molecule has 3 nitrogen and oxygen atoms in total. The number of nitrogens with two attached hydrogens (primary N) is 1. The Morgan fingerprint density at radius 1 is 1.00 bits per heavy atom. The average Bonchev–Trinajstić information content (AvgIpc) is 2.15. The summed E-state index contributed by atoms with van der Waals surface area (Å²) in [6.07, 6.45) is 8.78. The molecule has 0 spiro atoms. The van der Waals surface area contributed by atoms with E-state index >= 15 is 0 Å². The zero-order valence-electron chi connectivity index (χ0n) is 9.19. The minimum Gasteiger partial charge on any atom is -0.229 e. The third kappa shape index (κ3) is 3.18. The normalized spacial score (nSPS) is 37.3. The van der Waals surface area contributed by atoms with Crippen LogP contribution in [0.1, 0.15) is 44.9 Å². The number of primary sulfonamides is 1. The molecular formula is C11H21NO2S. The second kappa shape index (κ2) is 4.42. The minimum atomic E-state index is -3.26. The van der Waals surface area contributed by atoms with Crippen LogP contribution in [0.15, 0.2) is 0 Å².